The standard InChI is InChI=1S/C15H9BrCl2FN3O2S/c1-6-10(16)12(14(23)24-2)22(21-6)15-20-11(13(19)25-15)7-3-4-8(17)9(18)5-7/h3-5H,1-2H3. The Labute approximate surface area is 164 Å². The lowest BCUT2D eigenvalue weighted by Crippen LogP contribution is -2.10. The number of thiazole rings is 1. The molecule has 0 bridgehead atoms. The van der Waals surface area contributed by atoms with Crippen molar-refractivity contribution in [2.45, 2.75) is 6.92 Å². The second kappa shape index (κ2) is 7.03. The van der Waals surface area contributed by atoms with E-state index in [1.54, 1.807) is 19.1 Å². The average molecular weight is 465 g/mol. The van der Waals surface area contributed by atoms with Crippen LogP contribution in [0.1, 0.15) is 16.2 Å². The van der Waals surface area contributed by atoms with Gasteiger partial charge in [-0.25, -0.2) is 9.78 Å². The minimum absolute atomic E-state index is 0.0960. The van der Waals surface area contributed by atoms with Crippen molar-refractivity contribution < 1.29 is 13.9 Å². The molecule has 0 spiro atoms. The van der Waals surface area contributed by atoms with Gasteiger partial charge in [0.25, 0.3) is 0 Å². The molecule has 0 radical (unpaired) electrons. The molecule has 25 heavy (non-hydrogen) atoms. The van der Waals surface area contributed by atoms with Crippen LogP contribution in [0.5, 0.6) is 0 Å². The molecule has 0 amide bonds. The van der Waals surface area contributed by atoms with E-state index in [1.165, 1.54) is 17.9 Å². The van der Waals surface area contributed by atoms with Crippen LogP contribution in [-0.4, -0.2) is 27.8 Å². The summed E-state index contributed by atoms with van der Waals surface area (Å²) in [6, 6.07) is 4.70. The van der Waals surface area contributed by atoms with Gasteiger partial charge in [-0.1, -0.05) is 40.6 Å². The van der Waals surface area contributed by atoms with E-state index in [1.807, 2.05) is 0 Å². The van der Waals surface area contributed by atoms with E-state index < -0.39 is 11.1 Å². The molecule has 0 aliphatic carbocycles. The molecule has 0 saturated heterocycles. The normalized spacial score (nSPS) is 11.0. The van der Waals surface area contributed by atoms with Gasteiger partial charge in [-0.05, 0) is 35.0 Å². The van der Waals surface area contributed by atoms with Gasteiger partial charge in [0.05, 0.1) is 27.3 Å². The molecule has 130 valence electrons. The van der Waals surface area contributed by atoms with Gasteiger partial charge in [0.2, 0.25) is 10.3 Å². The van der Waals surface area contributed by atoms with Crippen molar-refractivity contribution in [1.82, 2.24) is 14.8 Å². The fourth-order valence-corrected chi connectivity index (χ4v) is 3.61. The lowest BCUT2D eigenvalue weighted by Gasteiger charge is -2.02. The molecule has 3 rings (SSSR count). The van der Waals surface area contributed by atoms with Crippen LogP contribution in [0.15, 0.2) is 22.7 Å². The summed E-state index contributed by atoms with van der Waals surface area (Å²) in [7, 11) is 1.25. The maximum absolute atomic E-state index is 14.4. The number of nitrogens with zero attached hydrogens (tertiary/aromatic N) is 3. The van der Waals surface area contributed by atoms with Crippen molar-refractivity contribution in [3.05, 3.63) is 49.2 Å². The third kappa shape index (κ3) is 3.31. The summed E-state index contributed by atoms with van der Waals surface area (Å²) in [5.41, 5.74) is 1.25. The second-order valence-electron chi connectivity index (χ2n) is 4.90. The van der Waals surface area contributed by atoms with Gasteiger partial charge >= 0.3 is 5.97 Å². The van der Waals surface area contributed by atoms with E-state index in [9.17, 15) is 9.18 Å². The third-order valence-electron chi connectivity index (χ3n) is 3.31. The van der Waals surface area contributed by atoms with Crippen LogP contribution < -0.4 is 0 Å². The summed E-state index contributed by atoms with van der Waals surface area (Å²) in [4.78, 5) is 16.3. The smallest absolute Gasteiger partial charge is 0.358 e. The maximum atomic E-state index is 14.4. The summed E-state index contributed by atoms with van der Waals surface area (Å²) in [5.74, 6) is -0.612. The van der Waals surface area contributed by atoms with Crippen molar-refractivity contribution in [2.75, 3.05) is 7.11 Å². The lowest BCUT2D eigenvalue weighted by atomic mass is 10.2. The minimum Gasteiger partial charge on any atom is -0.464 e. The highest BCUT2D eigenvalue weighted by Gasteiger charge is 2.25. The number of benzene rings is 1. The van der Waals surface area contributed by atoms with Gasteiger partial charge in [0.15, 0.2) is 5.69 Å². The molecule has 0 atom stereocenters. The molecule has 2 heterocycles. The van der Waals surface area contributed by atoms with Crippen molar-refractivity contribution in [3.63, 3.8) is 0 Å². The number of rotatable bonds is 3. The quantitative estimate of drug-likeness (QED) is 0.493. The van der Waals surface area contributed by atoms with Gasteiger partial charge in [0, 0.05) is 5.56 Å². The first-order chi connectivity index (χ1) is 11.8. The fraction of sp³-hybridized carbons (Fsp3) is 0.133. The lowest BCUT2D eigenvalue weighted by molar-refractivity contribution is 0.0589. The first kappa shape index (κ1) is 18.3. The van der Waals surface area contributed by atoms with Gasteiger partial charge in [-0.2, -0.15) is 14.2 Å². The zero-order chi connectivity index (χ0) is 18.3. The number of hydrogen-bond acceptors (Lipinski definition) is 5. The Morgan fingerprint density at radius 2 is 2.08 bits per heavy atom. The number of carbonyl (C=O) groups is 1. The topological polar surface area (TPSA) is 57.0 Å². The molecule has 3 aromatic rings. The molecular formula is C15H9BrCl2FN3O2S. The van der Waals surface area contributed by atoms with E-state index in [4.69, 9.17) is 27.9 Å². The van der Waals surface area contributed by atoms with E-state index in [2.05, 4.69) is 26.0 Å². The van der Waals surface area contributed by atoms with Crippen LogP contribution in [0.3, 0.4) is 0 Å². The molecule has 0 unspecified atom stereocenters. The highest BCUT2D eigenvalue weighted by atomic mass is 79.9. The molecule has 0 aliphatic rings. The number of hydrogen-bond donors (Lipinski definition) is 0. The molecule has 0 fully saturated rings. The highest BCUT2D eigenvalue weighted by molar-refractivity contribution is 9.10. The maximum Gasteiger partial charge on any atom is 0.358 e. The SMILES string of the molecule is COC(=O)c1c(Br)c(C)nn1-c1nc(-c2ccc(Cl)c(Cl)c2)c(F)s1. The van der Waals surface area contributed by atoms with Gasteiger partial charge in [-0.3, -0.25) is 0 Å². The molecule has 0 saturated carbocycles. The Morgan fingerprint density at radius 3 is 2.72 bits per heavy atom. The molecule has 10 heteroatoms. The molecular weight excluding hydrogens is 456 g/mol. The summed E-state index contributed by atoms with van der Waals surface area (Å²) in [5, 5.41) is 4.54. The summed E-state index contributed by atoms with van der Waals surface area (Å²) in [6.45, 7) is 1.71. The van der Waals surface area contributed by atoms with Crippen LogP contribution in [0, 0.1) is 12.1 Å². The largest absolute Gasteiger partial charge is 0.464 e. The number of carbonyl (C=O) groups excluding carboxylic acids is 1. The number of methoxy groups -OCH3 is 1. The Kier molecular flexibility index (Phi) is 5.15. The third-order valence-corrected chi connectivity index (χ3v) is 5.82. The Balaban J connectivity index is 2.14. The van der Waals surface area contributed by atoms with Crippen LogP contribution in [0.25, 0.3) is 16.4 Å². The van der Waals surface area contributed by atoms with Crippen LogP contribution in [0.2, 0.25) is 10.0 Å². The average Bonchev–Trinajstić information content (AvgIpc) is 3.10. The zero-order valence-electron chi connectivity index (χ0n) is 12.8. The van der Waals surface area contributed by atoms with Gasteiger partial charge in [-0.15, -0.1) is 0 Å². The van der Waals surface area contributed by atoms with Crippen molar-refractivity contribution in [3.8, 4) is 16.4 Å². The van der Waals surface area contributed by atoms with E-state index in [0.29, 0.717) is 25.8 Å². The molecule has 5 nitrogen and oxygen atoms in total. The minimum atomic E-state index is -0.612. The van der Waals surface area contributed by atoms with Crippen molar-refractivity contribution in [1.29, 1.82) is 0 Å². The summed E-state index contributed by atoms with van der Waals surface area (Å²) >= 11 is 15.9. The Hall–Kier alpha value is -1.48. The first-order valence-electron chi connectivity index (χ1n) is 6.79. The predicted molar refractivity (Wildman–Crippen MR) is 98.4 cm³/mol. The number of aromatic nitrogens is 3. The molecule has 0 N–H and O–H groups in total. The number of aryl methyl sites for hydroxylation is 1. The van der Waals surface area contributed by atoms with Crippen LogP contribution >= 0.6 is 50.5 Å². The van der Waals surface area contributed by atoms with Gasteiger partial charge < -0.3 is 4.74 Å². The van der Waals surface area contributed by atoms with Crippen molar-refractivity contribution in [2.24, 2.45) is 0 Å². The molecule has 2 aromatic heterocycles. The number of esters is 1. The monoisotopic (exact) mass is 463 g/mol. The zero-order valence-corrected chi connectivity index (χ0v) is 16.7. The Bertz CT molecular complexity index is 990. The Morgan fingerprint density at radius 1 is 1.36 bits per heavy atom. The van der Waals surface area contributed by atoms with Gasteiger partial charge in [0.1, 0.15) is 5.69 Å². The molecule has 0 aliphatic heterocycles. The van der Waals surface area contributed by atoms with Crippen LogP contribution in [0.4, 0.5) is 4.39 Å². The van der Waals surface area contributed by atoms with E-state index >= 15 is 0 Å². The highest BCUT2D eigenvalue weighted by Crippen LogP contribution is 2.34. The second-order valence-corrected chi connectivity index (χ2v) is 7.43. The van der Waals surface area contributed by atoms with Crippen molar-refractivity contribution >= 4 is 56.4 Å². The number of ether oxygens (including phenoxy) is 1. The number of halogens is 4. The fourth-order valence-electron chi connectivity index (χ4n) is 2.12. The van der Waals surface area contributed by atoms with E-state index in [-0.39, 0.29) is 16.5 Å². The van der Waals surface area contributed by atoms with E-state index in [0.717, 1.165) is 11.3 Å². The van der Waals surface area contributed by atoms with Crippen LogP contribution in [-0.2, 0) is 4.74 Å². The first-order valence-corrected chi connectivity index (χ1v) is 9.15. The summed E-state index contributed by atoms with van der Waals surface area (Å²) in [6.07, 6.45) is 0. The summed E-state index contributed by atoms with van der Waals surface area (Å²) < 4.78 is 20.9. The molecule has 1 aromatic carbocycles. The predicted octanol–water partition coefficient (Wildman–Crippen LogP) is 5.30.